The molecule has 4 heteroatoms. The van der Waals surface area contributed by atoms with Gasteiger partial charge in [0.2, 0.25) is 0 Å². The third kappa shape index (κ3) is 2.45. The topological polar surface area (TPSA) is 32.8 Å². The molecule has 0 saturated carbocycles. The molecule has 0 N–H and O–H groups in total. The lowest BCUT2D eigenvalue weighted by Gasteiger charge is -2.26. The van der Waals surface area contributed by atoms with Crippen LogP contribution in [0.1, 0.15) is 22.3 Å². The van der Waals surface area contributed by atoms with Crippen LogP contribution in [0.4, 0.5) is 0 Å². The molecule has 0 aromatic heterocycles. The van der Waals surface area contributed by atoms with Crippen LogP contribution in [0.25, 0.3) is 0 Å². The van der Waals surface area contributed by atoms with Crippen LogP contribution in [0.2, 0.25) is 0 Å². The maximum absolute atomic E-state index is 12.9. The van der Waals surface area contributed by atoms with Crippen LogP contribution in [-0.2, 0) is 6.42 Å². The Morgan fingerprint density at radius 1 is 1.30 bits per heavy atom. The van der Waals surface area contributed by atoms with E-state index in [1.54, 1.807) is 0 Å². The summed E-state index contributed by atoms with van der Waals surface area (Å²) >= 11 is 0. The van der Waals surface area contributed by atoms with Crippen molar-refractivity contribution in [3.63, 3.8) is 0 Å². The van der Waals surface area contributed by atoms with Crippen molar-refractivity contribution >= 4 is 5.78 Å². The zero-order valence-corrected chi connectivity index (χ0v) is 12.3. The Hall–Kier alpha value is -1.39. The lowest BCUT2D eigenvalue weighted by atomic mass is 9.99. The number of benzene rings is 1. The molecule has 108 valence electrons. The summed E-state index contributed by atoms with van der Waals surface area (Å²) in [6.45, 7) is 3.51. The third-order valence-electron chi connectivity index (χ3n) is 4.35. The van der Waals surface area contributed by atoms with E-state index in [9.17, 15) is 4.79 Å². The average molecular weight is 274 g/mol. The van der Waals surface area contributed by atoms with Crippen molar-refractivity contribution in [1.29, 1.82) is 0 Å². The monoisotopic (exact) mass is 274 g/mol. The Labute approximate surface area is 120 Å². The molecular formula is C16H22N2O2. The summed E-state index contributed by atoms with van der Waals surface area (Å²) < 4.78 is 5.68. The second-order valence-corrected chi connectivity index (χ2v) is 5.87. The standard InChI is InChI=1S/C16H22N2O2/c1-17-8-4-9-18(2)14(11-17)15(19)13-6-3-5-12-7-10-20-16(12)13/h3,5-6,14H,4,7-11H2,1-2H3. The maximum atomic E-state index is 12.9. The number of rotatable bonds is 2. The first-order chi connectivity index (χ1) is 9.66. The Bertz CT molecular complexity index is 515. The summed E-state index contributed by atoms with van der Waals surface area (Å²) in [7, 11) is 4.14. The fraction of sp³-hybridized carbons (Fsp3) is 0.562. The highest BCUT2D eigenvalue weighted by Gasteiger charge is 2.31. The van der Waals surface area contributed by atoms with E-state index in [1.165, 1.54) is 5.56 Å². The largest absolute Gasteiger partial charge is 0.492 e. The molecule has 0 bridgehead atoms. The molecule has 4 nitrogen and oxygen atoms in total. The van der Waals surface area contributed by atoms with Gasteiger partial charge in [-0.3, -0.25) is 9.69 Å². The number of carbonyl (C=O) groups is 1. The predicted molar refractivity (Wildman–Crippen MR) is 78.5 cm³/mol. The van der Waals surface area contributed by atoms with Gasteiger partial charge < -0.3 is 9.64 Å². The highest BCUT2D eigenvalue weighted by Crippen LogP contribution is 2.31. The molecule has 0 amide bonds. The van der Waals surface area contributed by atoms with E-state index in [1.807, 2.05) is 19.2 Å². The Morgan fingerprint density at radius 3 is 3.00 bits per heavy atom. The molecule has 0 aliphatic carbocycles. The molecule has 1 aromatic carbocycles. The van der Waals surface area contributed by atoms with Crippen molar-refractivity contribution in [3.8, 4) is 5.75 Å². The SMILES string of the molecule is CN1CCCN(C)C(C(=O)c2cccc3c2OCC3)C1. The van der Waals surface area contributed by atoms with Crippen molar-refractivity contribution in [2.45, 2.75) is 18.9 Å². The van der Waals surface area contributed by atoms with Gasteiger partial charge in [-0.1, -0.05) is 12.1 Å². The van der Waals surface area contributed by atoms with Crippen LogP contribution >= 0.6 is 0 Å². The molecule has 1 saturated heterocycles. The summed E-state index contributed by atoms with van der Waals surface area (Å²) in [6, 6.07) is 5.87. The van der Waals surface area contributed by atoms with E-state index in [4.69, 9.17) is 4.74 Å². The molecule has 1 atom stereocenters. The molecule has 3 rings (SSSR count). The van der Waals surface area contributed by atoms with Crippen molar-refractivity contribution < 1.29 is 9.53 Å². The molecule has 1 aromatic rings. The van der Waals surface area contributed by atoms with Gasteiger partial charge in [0, 0.05) is 13.0 Å². The van der Waals surface area contributed by atoms with Gasteiger partial charge >= 0.3 is 0 Å². The van der Waals surface area contributed by atoms with Crippen LogP contribution in [-0.4, -0.2) is 62.0 Å². The van der Waals surface area contributed by atoms with Crippen LogP contribution in [0.15, 0.2) is 18.2 Å². The number of hydrogen-bond donors (Lipinski definition) is 0. The van der Waals surface area contributed by atoms with Crippen molar-refractivity contribution in [2.75, 3.05) is 40.3 Å². The summed E-state index contributed by atoms with van der Waals surface area (Å²) in [5.74, 6) is 1.01. The first-order valence-electron chi connectivity index (χ1n) is 7.34. The molecule has 0 radical (unpaired) electrons. The number of likely N-dealkylation sites (N-methyl/N-ethyl adjacent to an activating group) is 2. The van der Waals surface area contributed by atoms with E-state index in [0.717, 1.165) is 43.8 Å². The summed E-state index contributed by atoms with van der Waals surface area (Å²) in [5, 5.41) is 0. The van der Waals surface area contributed by atoms with Gasteiger partial charge in [-0.2, -0.15) is 0 Å². The fourth-order valence-corrected chi connectivity index (χ4v) is 3.14. The van der Waals surface area contributed by atoms with Crippen LogP contribution < -0.4 is 4.74 Å². The quantitative estimate of drug-likeness (QED) is 0.764. The van der Waals surface area contributed by atoms with Crippen molar-refractivity contribution in [3.05, 3.63) is 29.3 Å². The molecule has 1 fully saturated rings. The maximum Gasteiger partial charge on any atom is 0.184 e. The molecule has 2 aliphatic heterocycles. The number of fused-ring (bicyclic) bond motifs is 1. The summed E-state index contributed by atoms with van der Waals surface area (Å²) in [5.41, 5.74) is 1.92. The van der Waals surface area contributed by atoms with Gasteiger partial charge in [-0.05, 0) is 45.2 Å². The highest BCUT2D eigenvalue weighted by atomic mass is 16.5. The van der Waals surface area contributed by atoms with Gasteiger partial charge in [0.15, 0.2) is 5.78 Å². The zero-order valence-electron chi connectivity index (χ0n) is 12.3. The lowest BCUT2D eigenvalue weighted by molar-refractivity contribution is 0.0836. The van der Waals surface area contributed by atoms with Gasteiger partial charge in [0.25, 0.3) is 0 Å². The Morgan fingerprint density at radius 2 is 2.15 bits per heavy atom. The zero-order chi connectivity index (χ0) is 14.1. The number of carbonyl (C=O) groups excluding carboxylic acids is 1. The van der Waals surface area contributed by atoms with Crippen LogP contribution in [0.3, 0.4) is 0 Å². The smallest absolute Gasteiger partial charge is 0.184 e. The molecule has 0 spiro atoms. The number of para-hydroxylation sites is 1. The summed E-state index contributed by atoms with van der Waals surface area (Å²) in [6.07, 6.45) is 2.02. The molecule has 20 heavy (non-hydrogen) atoms. The number of ether oxygens (including phenoxy) is 1. The van der Waals surface area contributed by atoms with E-state index < -0.39 is 0 Å². The third-order valence-corrected chi connectivity index (χ3v) is 4.35. The lowest BCUT2D eigenvalue weighted by Crippen LogP contribution is -2.43. The van der Waals surface area contributed by atoms with Gasteiger partial charge in [-0.25, -0.2) is 0 Å². The second-order valence-electron chi connectivity index (χ2n) is 5.87. The average Bonchev–Trinajstić information content (AvgIpc) is 2.85. The Balaban J connectivity index is 1.90. The number of Topliss-reactive ketones (excluding diaryl/α,β-unsaturated/α-hetero) is 1. The van der Waals surface area contributed by atoms with E-state index in [2.05, 4.69) is 22.9 Å². The minimum Gasteiger partial charge on any atom is -0.492 e. The fourth-order valence-electron chi connectivity index (χ4n) is 3.14. The van der Waals surface area contributed by atoms with E-state index >= 15 is 0 Å². The predicted octanol–water partition coefficient (Wildman–Crippen LogP) is 1.44. The van der Waals surface area contributed by atoms with Gasteiger partial charge in [-0.15, -0.1) is 0 Å². The van der Waals surface area contributed by atoms with E-state index in [0.29, 0.717) is 6.61 Å². The number of ketones is 1. The van der Waals surface area contributed by atoms with Gasteiger partial charge in [0.1, 0.15) is 5.75 Å². The molecule has 1 unspecified atom stereocenters. The summed E-state index contributed by atoms with van der Waals surface area (Å²) in [4.78, 5) is 17.3. The van der Waals surface area contributed by atoms with Crippen LogP contribution in [0.5, 0.6) is 5.75 Å². The first-order valence-corrected chi connectivity index (χ1v) is 7.34. The molecule has 2 heterocycles. The van der Waals surface area contributed by atoms with Gasteiger partial charge in [0.05, 0.1) is 18.2 Å². The Kier molecular flexibility index (Phi) is 3.76. The minimum absolute atomic E-state index is 0.0711. The normalized spacial score (nSPS) is 24.0. The van der Waals surface area contributed by atoms with Crippen molar-refractivity contribution in [1.82, 2.24) is 9.80 Å². The molecular weight excluding hydrogens is 252 g/mol. The second kappa shape index (κ2) is 5.54. The van der Waals surface area contributed by atoms with Crippen LogP contribution in [0, 0.1) is 0 Å². The van der Waals surface area contributed by atoms with E-state index in [-0.39, 0.29) is 11.8 Å². The number of hydrogen-bond acceptors (Lipinski definition) is 4. The molecule has 2 aliphatic rings. The number of nitrogens with zero attached hydrogens (tertiary/aromatic N) is 2. The minimum atomic E-state index is -0.0711. The first kappa shape index (κ1) is 13.6. The van der Waals surface area contributed by atoms with Crippen molar-refractivity contribution in [2.24, 2.45) is 0 Å². The highest BCUT2D eigenvalue weighted by molar-refractivity contribution is 6.03.